The minimum absolute atomic E-state index is 0.0306. The van der Waals surface area contributed by atoms with Crippen LogP contribution in [-0.2, 0) is 19.0 Å². The molecule has 0 aliphatic carbocycles. The second kappa shape index (κ2) is 9.36. The maximum atomic E-state index is 11.4. The minimum atomic E-state index is -0.298. The van der Waals surface area contributed by atoms with Crippen molar-refractivity contribution < 1.29 is 19.0 Å². The predicted octanol–water partition coefficient (Wildman–Crippen LogP) is 3.96. The van der Waals surface area contributed by atoms with Crippen LogP contribution >= 0.6 is 47.8 Å². The van der Waals surface area contributed by atoms with Crippen LogP contribution in [0.1, 0.15) is 39.5 Å². The first-order chi connectivity index (χ1) is 11.3. The zero-order valence-electron chi connectivity index (χ0n) is 13.8. The molecule has 0 radical (unpaired) electrons. The van der Waals surface area contributed by atoms with E-state index in [0.29, 0.717) is 17.7 Å². The molecule has 0 N–H and O–H groups in total. The van der Waals surface area contributed by atoms with Crippen molar-refractivity contribution in [3.8, 4) is 12.3 Å². The second-order valence-corrected chi connectivity index (χ2v) is 9.63. The number of terminal acetylenes is 1. The zero-order valence-corrected chi connectivity index (χ0v) is 18.5. The molecule has 136 valence electrons. The Bertz CT molecular complexity index is 481. The van der Waals surface area contributed by atoms with Crippen LogP contribution in [0.2, 0.25) is 0 Å². The normalized spacial score (nSPS) is 38.5. The van der Waals surface area contributed by atoms with Gasteiger partial charge in [0.2, 0.25) is 0 Å². The van der Waals surface area contributed by atoms with E-state index in [1.807, 2.05) is 0 Å². The molecular weight excluding hydrogens is 508 g/mol. The third-order valence-electron chi connectivity index (χ3n) is 4.50. The number of rotatable bonds is 6. The van der Waals surface area contributed by atoms with Gasteiger partial charge in [-0.3, -0.25) is 4.79 Å². The molecule has 2 saturated heterocycles. The van der Waals surface area contributed by atoms with Crippen LogP contribution in [0.15, 0.2) is 0 Å². The average Bonchev–Trinajstić information content (AvgIpc) is 3.10. The molecule has 0 spiro atoms. The fourth-order valence-corrected chi connectivity index (χ4v) is 4.65. The summed E-state index contributed by atoms with van der Waals surface area (Å²) in [6.07, 6.45) is 8.29. The highest BCUT2D eigenvalue weighted by Gasteiger charge is 2.44. The summed E-state index contributed by atoms with van der Waals surface area (Å²) in [5.41, 5.74) is 0. The quantitative estimate of drug-likeness (QED) is 0.296. The number of hydrogen-bond donors (Lipinski definition) is 0. The van der Waals surface area contributed by atoms with Crippen LogP contribution in [0, 0.1) is 12.3 Å². The Morgan fingerprint density at radius 3 is 2.54 bits per heavy atom. The predicted molar refractivity (Wildman–Crippen MR) is 104 cm³/mol. The standard InChI is InChI=1S/C17H23Br3O4/c1-4-10(18)13-6-12(20)15(23-13)8-17-16(22-9(3)21)7-14(24-17)11(19)5-2/h2,10-17H,4,6-8H2,1,3H3. The van der Waals surface area contributed by atoms with Crippen molar-refractivity contribution in [1.29, 1.82) is 0 Å². The number of ether oxygens (including phenoxy) is 3. The Balaban J connectivity index is 2.00. The molecular formula is C17H23Br3O4. The van der Waals surface area contributed by atoms with E-state index in [2.05, 4.69) is 60.6 Å². The Hall–Kier alpha value is 0.390. The van der Waals surface area contributed by atoms with E-state index in [0.717, 1.165) is 12.8 Å². The first-order valence-corrected chi connectivity index (χ1v) is 11.0. The van der Waals surface area contributed by atoms with Gasteiger partial charge in [0.1, 0.15) is 10.9 Å². The molecule has 2 heterocycles. The van der Waals surface area contributed by atoms with Crippen LogP contribution in [0.25, 0.3) is 0 Å². The minimum Gasteiger partial charge on any atom is -0.460 e. The molecule has 24 heavy (non-hydrogen) atoms. The van der Waals surface area contributed by atoms with Crippen molar-refractivity contribution in [3.63, 3.8) is 0 Å². The Morgan fingerprint density at radius 1 is 1.29 bits per heavy atom. The molecule has 8 atom stereocenters. The van der Waals surface area contributed by atoms with E-state index in [4.69, 9.17) is 20.6 Å². The van der Waals surface area contributed by atoms with Gasteiger partial charge in [0, 0.05) is 29.4 Å². The first-order valence-electron chi connectivity index (χ1n) is 8.22. The fourth-order valence-electron chi connectivity index (χ4n) is 3.26. The summed E-state index contributed by atoms with van der Waals surface area (Å²) >= 11 is 10.8. The van der Waals surface area contributed by atoms with Crippen LogP contribution in [-0.4, -0.2) is 51.0 Å². The number of carbonyl (C=O) groups excluding carboxylic acids is 1. The third-order valence-corrected chi connectivity index (χ3v) is 7.55. The second-order valence-electron chi connectivity index (χ2n) is 6.29. The van der Waals surface area contributed by atoms with Gasteiger partial charge in [-0.1, -0.05) is 60.6 Å². The maximum Gasteiger partial charge on any atom is 0.302 e. The zero-order chi connectivity index (χ0) is 17.9. The first kappa shape index (κ1) is 20.7. The van der Waals surface area contributed by atoms with Gasteiger partial charge in [0.15, 0.2) is 0 Å². The lowest BCUT2D eigenvalue weighted by Crippen LogP contribution is -2.32. The number of carbonyl (C=O) groups is 1. The summed E-state index contributed by atoms with van der Waals surface area (Å²) in [5.74, 6) is 2.34. The lowest BCUT2D eigenvalue weighted by Gasteiger charge is -2.24. The monoisotopic (exact) mass is 528 g/mol. The van der Waals surface area contributed by atoms with Crippen LogP contribution in [0.5, 0.6) is 0 Å². The topological polar surface area (TPSA) is 44.8 Å². The van der Waals surface area contributed by atoms with E-state index >= 15 is 0 Å². The largest absolute Gasteiger partial charge is 0.460 e. The van der Waals surface area contributed by atoms with E-state index in [9.17, 15) is 4.79 Å². The van der Waals surface area contributed by atoms with E-state index in [1.54, 1.807) is 0 Å². The summed E-state index contributed by atoms with van der Waals surface area (Å²) in [4.78, 5) is 11.8. The molecule has 8 unspecified atom stereocenters. The fraction of sp³-hybridized carbons (Fsp3) is 0.824. The van der Waals surface area contributed by atoms with Crippen LogP contribution in [0.3, 0.4) is 0 Å². The molecule has 2 rings (SSSR count). The molecule has 2 aliphatic rings. The van der Waals surface area contributed by atoms with E-state index in [-0.39, 0.29) is 46.1 Å². The third kappa shape index (κ3) is 5.20. The van der Waals surface area contributed by atoms with Crippen molar-refractivity contribution in [1.82, 2.24) is 0 Å². The average molecular weight is 531 g/mol. The number of halogens is 3. The van der Waals surface area contributed by atoms with Gasteiger partial charge in [0.25, 0.3) is 0 Å². The molecule has 0 aromatic rings. The lowest BCUT2D eigenvalue weighted by atomic mass is 10.0. The summed E-state index contributed by atoms with van der Waals surface area (Å²) in [6.45, 7) is 3.56. The molecule has 0 bridgehead atoms. The molecule has 0 amide bonds. The maximum absolute atomic E-state index is 11.4. The molecule has 7 heteroatoms. The van der Waals surface area contributed by atoms with Crippen LogP contribution < -0.4 is 0 Å². The van der Waals surface area contributed by atoms with Gasteiger partial charge in [-0.25, -0.2) is 0 Å². The highest BCUT2D eigenvalue weighted by atomic mass is 79.9. The van der Waals surface area contributed by atoms with Crippen molar-refractivity contribution in [2.45, 2.75) is 84.5 Å². The molecule has 2 aliphatic heterocycles. The summed E-state index contributed by atoms with van der Waals surface area (Å²) in [5, 5.41) is 0. The number of esters is 1. The number of alkyl halides is 3. The molecule has 0 aromatic heterocycles. The molecule has 4 nitrogen and oxygen atoms in total. The highest BCUT2D eigenvalue weighted by molar-refractivity contribution is 9.10. The molecule has 2 fully saturated rings. The van der Waals surface area contributed by atoms with E-state index in [1.165, 1.54) is 6.92 Å². The van der Waals surface area contributed by atoms with Gasteiger partial charge in [0.05, 0.1) is 24.4 Å². The Kier molecular flexibility index (Phi) is 8.07. The Morgan fingerprint density at radius 2 is 1.96 bits per heavy atom. The van der Waals surface area contributed by atoms with Crippen molar-refractivity contribution in [2.24, 2.45) is 0 Å². The lowest BCUT2D eigenvalue weighted by molar-refractivity contribution is -0.150. The highest BCUT2D eigenvalue weighted by Crippen LogP contribution is 2.38. The molecule has 0 aromatic carbocycles. The smallest absolute Gasteiger partial charge is 0.302 e. The van der Waals surface area contributed by atoms with Crippen molar-refractivity contribution in [2.75, 3.05) is 0 Å². The van der Waals surface area contributed by atoms with Gasteiger partial charge in [-0.2, -0.15) is 0 Å². The SMILES string of the molecule is C#CC(Br)C1CC(OC(C)=O)C(CC2OC(C(Br)CC)CC2Br)O1. The number of hydrogen-bond acceptors (Lipinski definition) is 4. The van der Waals surface area contributed by atoms with Gasteiger partial charge in [-0.05, 0) is 12.8 Å². The summed E-state index contributed by atoms with van der Waals surface area (Å²) < 4.78 is 17.7. The van der Waals surface area contributed by atoms with Gasteiger partial charge < -0.3 is 14.2 Å². The summed E-state index contributed by atoms with van der Waals surface area (Å²) in [6, 6.07) is 0. The Labute approximate surface area is 169 Å². The van der Waals surface area contributed by atoms with Gasteiger partial charge >= 0.3 is 5.97 Å². The van der Waals surface area contributed by atoms with E-state index < -0.39 is 0 Å². The van der Waals surface area contributed by atoms with Crippen LogP contribution in [0.4, 0.5) is 0 Å². The van der Waals surface area contributed by atoms with Crippen molar-refractivity contribution in [3.05, 3.63) is 0 Å². The molecule has 0 saturated carbocycles. The van der Waals surface area contributed by atoms with Crippen molar-refractivity contribution >= 4 is 53.8 Å². The van der Waals surface area contributed by atoms with Gasteiger partial charge in [-0.15, -0.1) is 6.42 Å². The summed E-state index contributed by atoms with van der Waals surface area (Å²) in [7, 11) is 0.